The van der Waals surface area contributed by atoms with Gasteiger partial charge in [0.15, 0.2) is 0 Å². The monoisotopic (exact) mass is 377 g/mol. The summed E-state index contributed by atoms with van der Waals surface area (Å²) in [6.07, 6.45) is 1.18. The Morgan fingerprint density at radius 3 is 2.87 bits per heavy atom. The summed E-state index contributed by atoms with van der Waals surface area (Å²) in [5, 5.41) is 4.11. The minimum absolute atomic E-state index is 0. The van der Waals surface area contributed by atoms with Crippen LogP contribution in [0.3, 0.4) is 0 Å². The largest absolute Gasteiger partial charge is 0.441 e. The summed E-state index contributed by atoms with van der Waals surface area (Å²) < 4.78 is 5.82. The first kappa shape index (κ1) is 20.3. The minimum atomic E-state index is 0. The van der Waals surface area contributed by atoms with Crippen LogP contribution in [0.15, 0.2) is 28.7 Å². The number of halogens is 3. The molecular formula is C16H22Cl3N3O. The molecule has 0 unspecified atom stereocenters. The maximum absolute atomic E-state index is 6.03. The van der Waals surface area contributed by atoms with Crippen LogP contribution < -0.4 is 5.32 Å². The van der Waals surface area contributed by atoms with Crippen molar-refractivity contribution in [1.82, 2.24) is 15.2 Å². The van der Waals surface area contributed by atoms with Crippen molar-refractivity contribution in [1.29, 1.82) is 0 Å². The second-order valence-corrected chi connectivity index (χ2v) is 5.85. The molecule has 23 heavy (non-hydrogen) atoms. The molecule has 1 saturated heterocycles. The van der Waals surface area contributed by atoms with E-state index in [0.717, 1.165) is 49.7 Å². The number of hydrogen-bond acceptors (Lipinski definition) is 4. The first-order valence-electron chi connectivity index (χ1n) is 7.38. The molecule has 4 nitrogen and oxygen atoms in total. The predicted octanol–water partition coefficient (Wildman–Crippen LogP) is 3.94. The van der Waals surface area contributed by atoms with Gasteiger partial charge < -0.3 is 9.73 Å². The van der Waals surface area contributed by atoms with Crippen LogP contribution in [-0.2, 0) is 6.54 Å². The van der Waals surface area contributed by atoms with Crippen LogP contribution in [0, 0.1) is 6.92 Å². The molecule has 3 rings (SSSR count). The molecule has 1 aliphatic rings. The summed E-state index contributed by atoms with van der Waals surface area (Å²) >= 11 is 6.03. The van der Waals surface area contributed by atoms with Crippen molar-refractivity contribution in [3.05, 3.63) is 40.7 Å². The molecule has 2 heterocycles. The Bertz CT molecular complexity index is 610. The molecule has 1 aromatic carbocycles. The van der Waals surface area contributed by atoms with Crippen molar-refractivity contribution >= 4 is 36.4 Å². The topological polar surface area (TPSA) is 41.3 Å². The molecular weight excluding hydrogens is 357 g/mol. The zero-order chi connectivity index (χ0) is 14.7. The fourth-order valence-corrected chi connectivity index (χ4v) is 2.78. The molecule has 0 spiro atoms. The highest BCUT2D eigenvalue weighted by Crippen LogP contribution is 2.24. The van der Waals surface area contributed by atoms with Crippen LogP contribution in [-0.4, -0.2) is 36.1 Å². The molecule has 2 aromatic rings. The first-order chi connectivity index (χ1) is 10.2. The first-order valence-corrected chi connectivity index (χ1v) is 7.75. The summed E-state index contributed by atoms with van der Waals surface area (Å²) in [5.41, 5.74) is 1.95. The molecule has 0 amide bonds. The standard InChI is InChI=1S/C16H20ClN3O.2ClH/c1-12-15(11-20-8-3-6-18-7-9-20)19-16(21-12)13-4-2-5-14(17)10-13;;/h2,4-5,10,18H,3,6-9,11H2,1H3;2*1H. The Kier molecular flexibility index (Phi) is 8.37. The fraction of sp³-hybridized carbons (Fsp3) is 0.438. The van der Waals surface area contributed by atoms with Gasteiger partial charge in [0.1, 0.15) is 5.76 Å². The number of benzene rings is 1. The van der Waals surface area contributed by atoms with Crippen LogP contribution >= 0.6 is 36.4 Å². The molecule has 0 aliphatic carbocycles. The minimum Gasteiger partial charge on any atom is -0.441 e. The highest BCUT2D eigenvalue weighted by atomic mass is 35.5. The lowest BCUT2D eigenvalue weighted by Crippen LogP contribution is -2.28. The van der Waals surface area contributed by atoms with Crippen molar-refractivity contribution in [2.45, 2.75) is 19.9 Å². The molecule has 1 aliphatic heterocycles. The number of hydrogen-bond donors (Lipinski definition) is 1. The Labute approximate surface area is 154 Å². The third kappa shape index (κ3) is 5.37. The van der Waals surface area contributed by atoms with E-state index in [-0.39, 0.29) is 24.8 Å². The zero-order valence-electron chi connectivity index (χ0n) is 13.0. The van der Waals surface area contributed by atoms with E-state index < -0.39 is 0 Å². The van der Waals surface area contributed by atoms with E-state index in [1.54, 1.807) is 0 Å². The van der Waals surface area contributed by atoms with Gasteiger partial charge in [-0.15, -0.1) is 24.8 Å². The van der Waals surface area contributed by atoms with Crippen molar-refractivity contribution in [2.75, 3.05) is 26.2 Å². The van der Waals surface area contributed by atoms with Crippen molar-refractivity contribution in [3.8, 4) is 11.5 Å². The molecule has 7 heteroatoms. The highest BCUT2D eigenvalue weighted by Gasteiger charge is 2.16. The maximum Gasteiger partial charge on any atom is 0.226 e. The van der Waals surface area contributed by atoms with Crippen LogP contribution in [0.5, 0.6) is 0 Å². The van der Waals surface area contributed by atoms with Gasteiger partial charge in [-0.05, 0) is 44.6 Å². The van der Waals surface area contributed by atoms with Gasteiger partial charge in [-0.3, -0.25) is 4.90 Å². The molecule has 0 atom stereocenters. The average molecular weight is 379 g/mol. The fourth-order valence-electron chi connectivity index (χ4n) is 2.59. The predicted molar refractivity (Wildman–Crippen MR) is 98.9 cm³/mol. The quantitative estimate of drug-likeness (QED) is 0.878. The number of aryl methyl sites for hydroxylation is 1. The van der Waals surface area contributed by atoms with Crippen molar-refractivity contribution in [2.24, 2.45) is 0 Å². The summed E-state index contributed by atoms with van der Waals surface area (Å²) in [6, 6.07) is 7.62. The molecule has 1 N–H and O–H groups in total. The molecule has 1 fully saturated rings. The van der Waals surface area contributed by atoms with Crippen molar-refractivity contribution < 1.29 is 4.42 Å². The van der Waals surface area contributed by atoms with Crippen LogP contribution in [0.25, 0.3) is 11.5 Å². The molecule has 0 saturated carbocycles. The SMILES string of the molecule is Cc1oc(-c2cccc(Cl)c2)nc1CN1CCCNCC1.Cl.Cl. The second kappa shape index (κ2) is 9.50. The normalized spacial score (nSPS) is 15.4. The van der Waals surface area contributed by atoms with E-state index >= 15 is 0 Å². The number of oxazole rings is 1. The van der Waals surface area contributed by atoms with Crippen molar-refractivity contribution in [3.63, 3.8) is 0 Å². The lowest BCUT2D eigenvalue weighted by Gasteiger charge is -2.17. The summed E-state index contributed by atoms with van der Waals surface area (Å²) in [4.78, 5) is 7.08. The van der Waals surface area contributed by atoms with E-state index in [4.69, 9.17) is 16.0 Å². The Morgan fingerprint density at radius 1 is 1.26 bits per heavy atom. The summed E-state index contributed by atoms with van der Waals surface area (Å²) in [7, 11) is 0. The number of nitrogens with one attached hydrogen (secondary N) is 1. The van der Waals surface area contributed by atoms with Gasteiger partial charge in [0.05, 0.1) is 5.69 Å². The Balaban J connectivity index is 0.00000132. The van der Waals surface area contributed by atoms with Gasteiger partial charge in [0.2, 0.25) is 5.89 Å². The van der Waals surface area contributed by atoms with E-state index in [0.29, 0.717) is 10.9 Å². The van der Waals surface area contributed by atoms with Gasteiger partial charge in [-0.1, -0.05) is 17.7 Å². The number of aromatic nitrogens is 1. The second-order valence-electron chi connectivity index (χ2n) is 5.41. The Hall–Kier alpha value is -0.780. The van der Waals surface area contributed by atoms with E-state index in [1.165, 1.54) is 6.42 Å². The van der Waals surface area contributed by atoms with Gasteiger partial charge >= 0.3 is 0 Å². The van der Waals surface area contributed by atoms with E-state index in [1.807, 2.05) is 31.2 Å². The third-order valence-electron chi connectivity index (χ3n) is 3.77. The van der Waals surface area contributed by atoms with Gasteiger partial charge in [-0.25, -0.2) is 4.98 Å². The lowest BCUT2D eigenvalue weighted by atomic mass is 10.2. The zero-order valence-corrected chi connectivity index (χ0v) is 15.4. The highest BCUT2D eigenvalue weighted by molar-refractivity contribution is 6.30. The number of nitrogens with zero attached hydrogens (tertiary/aromatic N) is 2. The summed E-state index contributed by atoms with van der Waals surface area (Å²) in [6.45, 7) is 7.12. The number of rotatable bonds is 3. The van der Waals surface area contributed by atoms with Gasteiger partial charge in [0, 0.05) is 30.2 Å². The van der Waals surface area contributed by atoms with Crippen LogP contribution in [0.1, 0.15) is 17.9 Å². The average Bonchev–Trinajstić information content (AvgIpc) is 2.68. The van der Waals surface area contributed by atoms with Gasteiger partial charge in [-0.2, -0.15) is 0 Å². The summed E-state index contributed by atoms with van der Waals surface area (Å²) in [5.74, 6) is 1.54. The van der Waals surface area contributed by atoms with E-state index in [9.17, 15) is 0 Å². The molecule has 0 radical (unpaired) electrons. The third-order valence-corrected chi connectivity index (χ3v) is 4.01. The molecule has 128 valence electrons. The maximum atomic E-state index is 6.03. The van der Waals surface area contributed by atoms with Crippen LogP contribution in [0.2, 0.25) is 5.02 Å². The lowest BCUT2D eigenvalue weighted by molar-refractivity contribution is 0.280. The van der Waals surface area contributed by atoms with E-state index in [2.05, 4.69) is 15.2 Å². The van der Waals surface area contributed by atoms with Gasteiger partial charge in [0.25, 0.3) is 0 Å². The van der Waals surface area contributed by atoms with Crippen LogP contribution in [0.4, 0.5) is 0 Å². The smallest absolute Gasteiger partial charge is 0.226 e. The molecule has 1 aromatic heterocycles. The molecule has 0 bridgehead atoms. The Morgan fingerprint density at radius 2 is 2.09 bits per heavy atom.